The average Bonchev–Trinajstić information content (AvgIpc) is 0.748. The first-order chi connectivity index (χ1) is 69.8. The Labute approximate surface area is 838 Å². The Morgan fingerprint density at radius 3 is 1.03 bits per heavy atom. The molecule has 0 spiro atoms. The lowest BCUT2D eigenvalue weighted by Gasteiger charge is -2.52. The van der Waals surface area contributed by atoms with Gasteiger partial charge in [0.25, 0.3) is 5.79 Å². The lowest BCUT2D eigenvalue weighted by Crippen LogP contribution is -2.73. The Morgan fingerprint density at radius 2 is 0.608 bits per heavy atom. The molecule has 65 nitrogen and oxygen atoms in total. The minimum atomic E-state index is -3.35. The lowest BCUT2D eigenvalue weighted by atomic mass is 9.88. The molecule has 65 heteroatoms. The Hall–Kier alpha value is -6.20. The fourth-order valence-corrected chi connectivity index (χ4v) is 19.2. The Bertz CT molecular complexity index is 4280. The average molecular weight is 2160 g/mol. The van der Waals surface area contributed by atoms with Crippen molar-refractivity contribution in [3.05, 3.63) is 0 Å². The highest BCUT2D eigenvalue weighted by Crippen LogP contribution is 2.44. The molecule has 0 unspecified atom stereocenters. The highest BCUT2D eigenvalue weighted by atomic mass is 16.8. The van der Waals surface area contributed by atoms with Gasteiger partial charge in [0.1, 0.15) is 256 Å². The Morgan fingerprint density at radius 1 is 0.291 bits per heavy atom. The molecule has 852 valence electrons. The van der Waals surface area contributed by atoms with Gasteiger partial charge in [-0.15, -0.1) is 0 Å². The molecule has 0 radical (unpaired) electrons. The Balaban J connectivity index is 0.937. The van der Waals surface area contributed by atoms with E-state index in [-0.39, 0.29) is 0 Å². The van der Waals surface area contributed by atoms with E-state index in [1.807, 2.05) is 0 Å². The van der Waals surface area contributed by atoms with Crippen LogP contribution in [0.25, 0.3) is 0 Å². The van der Waals surface area contributed by atoms with Crippen molar-refractivity contribution in [3.63, 3.8) is 0 Å². The van der Waals surface area contributed by atoms with Crippen molar-refractivity contribution in [1.29, 1.82) is 0 Å². The van der Waals surface area contributed by atoms with E-state index in [9.17, 15) is 186 Å². The number of aliphatic hydroxyl groups is 28. The first-order valence-corrected chi connectivity index (χ1v) is 47.1. The zero-order valence-corrected chi connectivity index (χ0v) is 80.3. The molecule has 0 saturated carbocycles. The van der Waals surface area contributed by atoms with Crippen molar-refractivity contribution >= 4 is 47.3 Å². The van der Waals surface area contributed by atoms with Crippen LogP contribution in [0.15, 0.2) is 0 Å². The van der Waals surface area contributed by atoms with Gasteiger partial charge in [0, 0.05) is 54.9 Å². The second kappa shape index (κ2) is 53.0. The molecule has 148 heavy (non-hydrogen) atoms. The number of carbonyl (C=O) groups excluding carboxylic acids is 7. The number of nitrogens with one attached hydrogen (secondary N) is 7. The van der Waals surface area contributed by atoms with Gasteiger partial charge < -0.3 is 285 Å². The van der Waals surface area contributed by atoms with Gasteiger partial charge in [0.05, 0.1) is 84.3 Å². The molecule has 11 fully saturated rings. The fraction of sp³-hybridized carbons (Fsp3) is 0.904. The van der Waals surface area contributed by atoms with Crippen molar-refractivity contribution in [3.8, 4) is 0 Å². The number of rotatable bonds is 40. The number of hydrogen-bond acceptors (Lipinski definition) is 57. The van der Waals surface area contributed by atoms with Crippen molar-refractivity contribution in [2.24, 2.45) is 0 Å². The van der Waals surface area contributed by atoms with E-state index in [1.165, 1.54) is 6.92 Å². The van der Waals surface area contributed by atoms with Gasteiger partial charge in [0.15, 0.2) is 62.9 Å². The molecule has 11 heterocycles. The van der Waals surface area contributed by atoms with Crippen molar-refractivity contribution in [1.82, 2.24) is 37.2 Å². The number of carboxylic acids is 1. The molecular weight excluding hydrogens is 2020 g/mol. The zero-order chi connectivity index (χ0) is 109. The third-order valence-corrected chi connectivity index (χ3v) is 26.7. The summed E-state index contributed by atoms with van der Waals surface area (Å²) in [6, 6.07) is -13.8. The van der Waals surface area contributed by atoms with E-state index in [0.29, 0.717) is 0 Å². The van der Waals surface area contributed by atoms with Gasteiger partial charge in [-0.3, -0.25) is 33.6 Å². The van der Waals surface area contributed by atoms with E-state index in [1.54, 1.807) is 0 Å². The summed E-state index contributed by atoms with van der Waals surface area (Å²) in [6.07, 6.45) is -106. The van der Waals surface area contributed by atoms with E-state index >= 15 is 0 Å². The van der Waals surface area contributed by atoms with Crippen LogP contribution in [-0.2, 0) is 138 Å². The standard InChI is InChI=1S/C83H137N7O58/c1-20-46(108)58(120)61(123)78(130-20)128-19-38-66(54(116)40(72(125)131-38)85-22(3)100)142-74-42(87-24(5)102)57(119)65(36(17-98)136-74)143-79-62(124)69(52(114)37(139-79)18-129-80-70(59(121)49(111)31(12-93)134-80)145-75-43(88-25(6)103)55(117)63(34(15-96)137-75)140-73-41(86-23(4)101)53(115)48(110)30(11-92)132-73)144-81-71(60(122)50(112)32(13-94)135-81)146-76-44(89-26(7)104)56(118)64(35(16-97)138-76)141-77-45(90-27(8)105)68(51(113)33(14-95)133-77)148-83(82(126)127)9-28(106)39(84-21(2)99)67(147-83)47(109)29(107)10-91/h20,28-81,91-98,106-125H,9-19H2,1-8H3,(H,84,99)(H,85,100)(H,86,101)(H,87,102)(H,88,103)(H,89,104)(H,90,105)(H,126,127)/t20-,28-,29+,30+,31+,32+,33+,34+,35+,36+,37+,38+,39+,40+,41+,42+,43+,44+,45+,46+,47+,48-,49+,50+,51-,52+,53+,54+,55+,56+,57+,58+,59-,60-,61-,62-,63+,64+,65+,66+,67+,68+,69-,70-,71-,72+,73-,74-,75-,76-,77-,78+,79-,80-,81+,83-/m0/s1. The Kier molecular flexibility index (Phi) is 43.7. The molecule has 0 aliphatic carbocycles. The lowest BCUT2D eigenvalue weighted by molar-refractivity contribution is -0.399. The summed E-state index contributed by atoms with van der Waals surface area (Å²) >= 11 is 0. The highest BCUT2D eigenvalue weighted by Gasteiger charge is 2.65. The van der Waals surface area contributed by atoms with Crippen LogP contribution in [0.4, 0.5) is 0 Å². The quantitative estimate of drug-likeness (QED) is 0.0271. The summed E-state index contributed by atoms with van der Waals surface area (Å²) in [4.78, 5) is 104. The van der Waals surface area contributed by atoms with Crippen molar-refractivity contribution in [2.75, 3.05) is 66.1 Å². The molecule has 11 aliphatic heterocycles. The molecular formula is C83H137N7O58. The summed E-state index contributed by atoms with van der Waals surface area (Å²) in [5.74, 6) is -12.4. The first-order valence-electron chi connectivity index (χ1n) is 47.1. The van der Waals surface area contributed by atoms with Gasteiger partial charge in [-0.25, -0.2) is 4.79 Å². The summed E-state index contributed by atoms with van der Waals surface area (Å²) in [5.41, 5.74) is 0. The predicted molar refractivity (Wildman–Crippen MR) is 459 cm³/mol. The number of aliphatic carboxylic acids is 1. The van der Waals surface area contributed by atoms with E-state index in [4.69, 9.17) is 99.5 Å². The van der Waals surface area contributed by atoms with Crippen LogP contribution in [-0.4, -0.2) is 604 Å². The molecule has 11 saturated heterocycles. The zero-order valence-electron chi connectivity index (χ0n) is 80.3. The second-order valence-corrected chi connectivity index (χ2v) is 37.4. The fourth-order valence-electron chi connectivity index (χ4n) is 19.2. The van der Waals surface area contributed by atoms with E-state index in [2.05, 4.69) is 37.2 Å². The van der Waals surface area contributed by atoms with Crippen LogP contribution >= 0.6 is 0 Å². The van der Waals surface area contributed by atoms with Crippen LogP contribution in [0, 0.1) is 0 Å². The molecule has 56 atom stereocenters. The number of hydrogen-bond donors (Lipinski definition) is 36. The summed E-state index contributed by atoms with van der Waals surface area (Å²) in [7, 11) is 0. The smallest absolute Gasteiger partial charge is 0.364 e. The number of carboxylic acid groups (broad SMARTS) is 1. The van der Waals surface area contributed by atoms with Crippen molar-refractivity contribution in [2.45, 2.75) is 405 Å². The predicted octanol–water partition coefficient (Wildman–Crippen LogP) is -23.7. The summed E-state index contributed by atoms with van der Waals surface area (Å²) in [5, 5.41) is 346. The minimum Gasteiger partial charge on any atom is -0.477 e. The summed E-state index contributed by atoms with van der Waals surface area (Å²) in [6.45, 7) is -4.37. The van der Waals surface area contributed by atoms with Gasteiger partial charge >= 0.3 is 5.97 Å². The third-order valence-electron chi connectivity index (χ3n) is 26.7. The van der Waals surface area contributed by atoms with Gasteiger partial charge in [-0.05, 0) is 6.92 Å². The molecule has 7 amide bonds. The maximum Gasteiger partial charge on any atom is 0.364 e. The molecule has 11 aliphatic rings. The van der Waals surface area contributed by atoms with Crippen molar-refractivity contribution < 1.29 is 286 Å². The molecule has 36 N–H and O–H groups in total. The monoisotopic (exact) mass is 2160 g/mol. The molecule has 0 aromatic heterocycles. The van der Waals surface area contributed by atoms with Gasteiger partial charge in [-0.2, -0.15) is 0 Å². The van der Waals surface area contributed by atoms with Crippen LogP contribution in [0.3, 0.4) is 0 Å². The number of amides is 7. The number of aliphatic hydroxyl groups excluding tert-OH is 28. The largest absolute Gasteiger partial charge is 0.477 e. The van der Waals surface area contributed by atoms with Crippen LogP contribution in [0.5, 0.6) is 0 Å². The maximum absolute atomic E-state index is 13.6. The van der Waals surface area contributed by atoms with Crippen LogP contribution in [0.1, 0.15) is 61.8 Å². The third kappa shape index (κ3) is 27.5. The van der Waals surface area contributed by atoms with Crippen LogP contribution < -0.4 is 37.2 Å². The molecule has 0 aromatic carbocycles. The second-order valence-electron chi connectivity index (χ2n) is 37.4. The summed E-state index contributed by atoms with van der Waals surface area (Å²) < 4.78 is 127. The number of ether oxygens (including phenoxy) is 21. The van der Waals surface area contributed by atoms with Gasteiger partial charge in [-0.1, -0.05) is 0 Å². The molecule has 0 aromatic rings. The maximum atomic E-state index is 13.6. The minimum absolute atomic E-state index is 0.836. The van der Waals surface area contributed by atoms with E-state index in [0.717, 1.165) is 48.5 Å². The first kappa shape index (κ1) is 122. The number of carbonyl (C=O) groups is 8. The molecule has 0 bridgehead atoms. The van der Waals surface area contributed by atoms with Gasteiger partial charge in [0.2, 0.25) is 41.4 Å². The van der Waals surface area contributed by atoms with E-state index < -0.39 is 463 Å². The van der Waals surface area contributed by atoms with Crippen LogP contribution in [0.2, 0.25) is 0 Å². The molecule has 11 rings (SSSR count). The normalized spacial score (nSPS) is 46.5. The SMILES string of the molecule is CC(=O)N[C@@H]1[C@@H](O)[C@H](O[C@@H]2O[C@H](CO)[C@@H](O[C@@H]3O[C@H](CO[C@H]4O[C@H](CO)[C@@H](O)[C@H](O)[C@@H]4O[C@@H]4O[C@H](CO)[C@@H](O[C@@H]5O[C@H](CO)[C@H](O)[C@H](O)[C@H]5NC(C)=O)[C@H](O)[C@H]4NC(C)=O)[C@@H](O)[C@H](O[C@H]4O[C@H](CO)[C@@H](O)[C@H](O)[C@@H]4O[C@@H]4O[C@H](CO)[C@@H](O[C@@H]5O[C@H](CO)[C@H](O)[C@H](O[C@]6(C(=O)O)C[C@H](O)[C@@H](NC(C)=O)[C@H]([C@H](O)[C@H](O)CO)O6)[C@H]5NC(C)=O)[C@H](O)[C@H]4NC(C)=O)[C@@H]3O)[C@H](O)[C@H]2NC(C)=O)[C@@H](CO[C@@H]2O[C@@H](C)[C@@H](O)[C@@H](O)[C@@H]2O)O[C@H]1O. The highest BCUT2D eigenvalue weighted by molar-refractivity contribution is 5.78. The topological polar surface area (TPSA) is 1000 Å².